The first-order valence-corrected chi connectivity index (χ1v) is 5.60. The molecular weight excluding hydrogens is 164 g/mol. The van der Waals surface area contributed by atoms with Gasteiger partial charge in [-0.15, -0.1) is 0 Å². The molecule has 0 spiro atoms. The van der Waals surface area contributed by atoms with Crippen LogP contribution in [0.3, 0.4) is 0 Å². The number of aliphatic hydroxyl groups is 1. The van der Waals surface area contributed by atoms with E-state index >= 15 is 0 Å². The Balaban J connectivity index is 2.76. The lowest BCUT2D eigenvalue weighted by atomic mass is 10.2. The molecule has 0 fully saturated rings. The first-order valence-electron chi connectivity index (χ1n) is 5.60. The van der Waals surface area contributed by atoms with E-state index in [1.807, 2.05) is 0 Å². The highest BCUT2D eigenvalue weighted by Crippen LogP contribution is 2.00. The van der Waals surface area contributed by atoms with Crippen LogP contribution in [0, 0.1) is 0 Å². The van der Waals surface area contributed by atoms with Gasteiger partial charge in [0.05, 0.1) is 0 Å². The molecule has 0 radical (unpaired) electrons. The fourth-order valence-corrected chi connectivity index (χ4v) is 1.23. The van der Waals surface area contributed by atoms with Gasteiger partial charge in [-0.25, -0.2) is 0 Å². The van der Waals surface area contributed by atoms with Crippen LogP contribution in [-0.4, -0.2) is 24.9 Å². The summed E-state index contributed by atoms with van der Waals surface area (Å²) in [5.41, 5.74) is 0. The monoisotopic (exact) mass is 188 g/mol. The molecule has 0 aliphatic carbocycles. The van der Waals surface area contributed by atoms with Crippen LogP contribution in [0.5, 0.6) is 0 Å². The maximum atomic E-state index is 8.53. The third-order valence-corrected chi connectivity index (χ3v) is 2.09. The molecule has 0 heterocycles. The van der Waals surface area contributed by atoms with Crippen molar-refractivity contribution in [1.29, 1.82) is 0 Å². The second kappa shape index (κ2) is 11.9. The normalized spacial score (nSPS) is 10.6. The van der Waals surface area contributed by atoms with Gasteiger partial charge in [-0.05, 0) is 19.3 Å². The number of hydrogen-bond acceptors (Lipinski definition) is 2. The molecule has 0 aromatic rings. The number of unbranched alkanes of at least 4 members (excludes halogenated alkanes) is 5. The minimum absolute atomic E-state index is 0.331. The van der Waals surface area contributed by atoms with Crippen molar-refractivity contribution >= 4 is 0 Å². The highest BCUT2D eigenvalue weighted by atomic mass is 16.5. The van der Waals surface area contributed by atoms with Gasteiger partial charge in [-0.1, -0.05) is 32.6 Å². The topological polar surface area (TPSA) is 29.5 Å². The zero-order valence-electron chi connectivity index (χ0n) is 8.93. The van der Waals surface area contributed by atoms with Crippen molar-refractivity contribution in [3.8, 4) is 0 Å². The van der Waals surface area contributed by atoms with E-state index < -0.39 is 0 Å². The molecule has 0 aliphatic rings. The Labute approximate surface area is 82.3 Å². The predicted octanol–water partition coefficient (Wildman–Crippen LogP) is 2.75. The first kappa shape index (κ1) is 12.9. The molecule has 0 aromatic heterocycles. The maximum Gasteiger partial charge on any atom is 0.0466 e. The Morgan fingerprint density at radius 2 is 1.46 bits per heavy atom. The lowest BCUT2D eigenvalue weighted by Gasteiger charge is -2.02. The van der Waals surface area contributed by atoms with Crippen LogP contribution in [0.15, 0.2) is 0 Å². The summed E-state index contributed by atoms with van der Waals surface area (Å²) in [5.74, 6) is 0. The maximum absolute atomic E-state index is 8.53. The molecule has 0 amide bonds. The Bertz CT molecular complexity index is 74.2. The fourth-order valence-electron chi connectivity index (χ4n) is 1.23. The Morgan fingerprint density at radius 3 is 2.08 bits per heavy atom. The van der Waals surface area contributed by atoms with Gasteiger partial charge in [-0.2, -0.15) is 0 Å². The van der Waals surface area contributed by atoms with E-state index in [9.17, 15) is 0 Å². The molecule has 2 heteroatoms. The lowest BCUT2D eigenvalue weighted by Crippen LogP contribution is -1.97. The molecule has 0 saturated heterocycles. The van der Waals surface area contributed by atoms with Gasteiger partial charge in [0, 0.05) is 19.8 Å². The largest absolute Gasteiger partial charge is 0.396 e. The summed E-state index contributed by atoms with van der Waals surface area (Å²) >= 11 is 0. The van der Waals surface area contributed by atoms with Gasteiger partial charge in [-0.3, -0.25) is 0 Å². The van der Waals surface area contributed by atoms with Crippen LogP contribution in [-0.2, 0) is 4.74 Å². The minimum atomic E-state index is 0.331. The number of aliphatic hydroxyl groups excluding tert-OH is 1. The molecule has 0 saturated carbocycles. The molecule has 0 unspecified atom stereocenters. The van der Waals surface area contributed by atoms with Gasteiger partial charge in [0.2, 0.25) is 0 Å². The Hall–Kier alpha value is -0.0800. The molecule has 0 aromatic carbocycles. The highest BCUT2D eigenvalue weighted by molar-refractivity contribution is 4.42. The number of ether oxygens (including phenoxy) is 1. The van der Waals surface area contributed by atoms with Gasteiger partial charge >= 0.3 is 0 Å². The summed E-state index contributed by atoms with van der Waals surface area (Å²) in [6, 6.07) is 0. The Kier molecular flexibility index (Phi) is 11.8. The molecule has 0 rings (SSSR count). The van der Waals surface area contributed by atoms with Crippen molar-refractivity contribution in [3.05, 3.63) is 0 Å². The second-order valence-corrected chi connectivity index (χ2v) is 3.46. The molecule has 0 atom stereocenters. The summed E-state index contributed by atoms with van der Waals surface area (Å²) < 4.78 is 5.45. The SMILES string of the molecule is CCCCCOCCCCCCO. The minimum Gasteiger partial charge on any atom is -0.396 e. The first-order chi connectivity index (χ1) is 6.41. The molecule has 80 valence electrons. The van der Waals surface area contributed by atoms with Crippen molar-refractivity contribution < 1.29 is 9.84 Å². The second-order valence-electron chi connectivity index (χ2n) is 3.46. The van der Waals surface area contributed by atoms with E-state index in [-0.39, 0.29) is 0 Å². The van der Waals surface area contributed by atoms with Gasteiger partial charge in [0.1, 0.15) is 0 Å². The zero-order chi connectivity index (χ0) is 9.78. The predicted molar refractivity (Wildman–Crippen MR) is 55.9 cm³/mol. The van der Waals surface area contributed by atoms with E-state index in [0.717, 1.165) is 32.5 Å². The standard InChI is InChI=1S/C11H24O2/c1-2-3-7-10-13-11-8-5-4-6-9-12/h12H,2-11H2,1H3. The van der Waals surface area contributed by atoms with Gasteiger partial charge in [0.25, 0.3) is 0 Å². The summed E-state index contributed by atoms with van der Waals surface area (Å²) in [6.45, 7) is 4.36. The van der Waals surface area contributed by atoms with Crippen LogP contribution >= 0.6 is 0 Å². The average Bonchev–Trinajstić information content (AvgIpc) is 2.16. The molecule has 1 N–H and O–H groups in total. The van der Waals surface area contributed by atoms with Crippen LogP contribution in [0.4, 0.5) is 0 Å². The molecular formula is C11H24O2. The van der Waals surface area contributed by atoms with Crippen LogP contribution in [0.1, 0.15) is 51.9 Å². The van der Waals surface area contributed by atoms with E-state index in [1.54, 1.807) is 0 Å². The van der Waals surface area contributed by atoms with E-state index in [0.29, 0.717) is 6.61 Å². The van der Waals surface area contributed by atoms with E-state index in [2.05, 4.69) is 6.92 Å². The summed E-state index contributed by atoms with van der Waals surface area (Å²) in [5, 5.41) is 8.53. The zero-order valence-corrected chi connectivity index (χ0v) is 8.93. The molecule has 13 heavy (non-hydrogen) atoms. The highest BCUT2D eigenvalue weighted by Gasteiger charge is 1.90. The van der Waals surface area contributed by atoms with Crippen LogP contribution in [0.25, 0.3) is 0 Å². The smallest absolute Gasteiger partial charge is 0.0466 e. The van der Waals surface area contributed by atoms with E-state index in [1.165, 1.54) is 25.7 Å². The van der Waals surface area contributed by atoms with Crippen molar-refractivity contribution in [2.24, 2.45) is 0 Å². The number of hydrogen-bond donors (Lipinski definition) is 1. The van der Waals surface area contributed by atoms with E-state index in [4.69, 9.17) is 9.84 Å². The number of rotatable bonds is 10. The molecule has 0 bridgehead atoms. The third kappa shape index (κ3) is 11.9. The summed E-state index contributed by atoms with van der Waals surface area (Å²) in [4.78, 5) is 0. The van der Waals surface area contributed by atoms with Crippen LogP contribution in [0.2, 0.25) is 0 Å². The summed E-state index contributed by atoms with van der Waals surface area (Å²) in [6.07, 6.45) is 8.16. The van der Waals surface area contributed by atoms with Crippen molar-refractivity contribution in [2.75, 3.05) is 19.8 Å². The fraction of sp³-hybridized carbons (Fsp3) is 1.00. The van der Waals surface area contributed by atoms with Crippen molar-refractivity contribution in [1.82, 2.24) is 0 Å². The molecule has 0 aliphatic heterocycles. The quantitative estimate of drug-likeness (QED) is 0.534. The average molecular weight is 188 g/mol. The molecule has 2 nitrogen and oxygen atoms in total. The summed E-state index contributed by atoms with van der Waals surface area (Å²) in [7, 11) is 0. The van der Waals surface area contributed by atoms with Crippen molar-refractivity contribution in [2.45, 2.75) is 51.9 Å². The Morgan fingerprint density at radius 1 is 0.846 bits per heavy atom. The van der Waals surface area contributed by atoms with Gasteiger partial charge in [0.15, 0.2) is 0 Å². The lowest BCUT2D eigenvalue weighted by molar-refractivity contribution is 0.125. The third-order valence-electron chi connectivity index (χ3n) is 2.09. The van der Waals surface area contributed by atoms with Crippen molar-refractivity contribution in [3.63, 3.8) is 0 Å². The van der Waals surface area contributed by atoms with Crippen LogP contribution < -0.4 is 0 Å². The van der Waals surface area contributed by atoms with Gasteiger partial charge < -0.3 is 9.84 Å².